The van der Waals surface area contributed by atoms with Crippen LogP contribution in [0.2, 0.25) is 0 Å². The number of urea groups is 1. The van der Waals surface area contributed by atoms with Crippen LogP contribution in [-0.4, -0.2) is 44.9 Å². The van der Waals surface area contributed by atoms with E-state index in [0.29, 0.717) is 6.54 Å². The number of carbonyl (C=O) groups excluding carboxylic acids is 2. The smallest absolute Gasteiger partial charge is 0.322 e. The summed E-state index contributed by atoms with van der Waals surface area (Å²) >= 11 is 0. The van der Waals surface area contributed by atoms with Crippen molar-refractivity contribution in [1.82, 2.24) is 14.4 Å². The molecule has 1 aliphatic carbocycles. The molecule has 162 valence electrons. The molecule has 0 aliphatic heterocycles. The Morgan fingerprint density at radius 3 is 2.53 bits per heavy atom. The maximum absolute atomic E-state index is 13.3. The molecule has 1 fully saturated rings. The Morgan fingerprint density at radius 1 is 1.23 bits per heavy atom. The van der Waals surface area contributed by atoms with E-state index in [0.717, 1.165) is 41.8 Å². The minimum atomic E-state index is -0.223. The maximum Gasteiger partial charge on any atom is 0.322 e. The molecule has 2 aromatic rings. The Morgan fingerprint density at radius 2 is 1.97 bits per heavy atom. The molecule has 1 aromatic carbocycles. The third kappa shape index (κ3) is 5.23. The summed E-state index contributed by atoms with van der Waals surface area (Å²) in [5.41, 5.74) is 4.06. The van der Waals surface area contributed by atoms with Gasteiger partial charge in [-0.05, 0) is 63.8 Å². The fraction of sp³-hybridized carbons (Fsp3) is 0.500. The molecule has 1 aliphatic rings. The van der Waals surface area contributed by atoms with Crippen LogP contribution in [0.25, 0.3) is 0 Å². The van der Waals surface area contributed by atoms with Gasteiger partial charge in [0.2, 0.25) is 5.91 Å². The first kappa shape index (κ1) is 21.9. The monoisotopic (exact) mass is 410 g/mol. The third-order valence-corrected chi connectivity index (χ3v) is 6.00. The molecule has 0 radical (unpaired) electrons. The van der Waals surface area contributed by atoms with Crippen molar-refractivity contribution in [2.75, 3.05) is 11.9 Å². The summed E-state index contributed by atoms with van der Waals surface area (Å²) in [5, 5.41) is 3.01. The van der Waals surface area contributed by atoms with Gasteiger partial charge in [0, 0.05) is 36.7 Å². The van der Waals surface area contributed by atoms with Crippen molar-refractivity contribution in [3.8, 4) is 0 Å². The molecule has 0 spiro atoms. The first-order chi connectivity index (χ1) is 14.3. The van der Waals surface area contributed by atoms with Crippen molar-refractivity contribution in [2.45, 2.75) is 65.6 Å². The molecule has 1 N–H and O–H groups in total. The molecule has 1 aromatic heterocycles. The zero-order valence-corrected chi connectivity index (χ0v) is 18.8. The number of anilines is 1. The predicted octanol–water partition coefficient (Wildman–Crippen LogP) is 4.47. The SMILES string of the molecule is CCC(C)N(CC(=O)N(Cc1cccn1C)C1CC1)C(=O)Nc1ccc(C)cc1C. The van der Waals surface area contributed by atoms with Crippen molar-refractivity contribution in [2.24, 2.45) is 7.05 Å². The summed E-state index contributed by atoms with van der Waals surface area (Å²) in [6, 6.07) is 10.0. The molecule has 0 bridgehead atoms. The number of hydrogen-bond donors (Lipinski definition) is 1. The lowest BCUT2D eigenvalue weighted by atomic mass is 10.1. The fourth-order valence-corrected chi connectivity index (χ4v) is 3.67. The number of nitrogens with zero attached hydrogens (tertiary/aromatic N) is 3. The molecular weight excluding hydrogens is 376 g/mol. The lowest BCUT2D eigenvalue weighted by molar-refractivity contribution is -0.133. The average Bonchev–Trinajstić information content (AvgIpc) is 3.47. The van der Waals surface area contributed by atoms with Crippen molar-refractivity contribution in [3.63, 3.8) is 0 Å². The van der Waals surface area contributed by atoms with Gasteiger partial charge >= 0.3 is 6.03 Å². The average molecular weight is 411 g/mol. The second kappa shape index (κ2) is 9.37. The van der Waals surface area contributed by atoms with E-state index in [4.69, 9.17) is 0 Å². The molecule has 6 nitrogen and oxygen atoms in total. The van der Waals surface area contributed by atoms with Crippen molar-refractivity contribution >= 4 is 17.6 Å². The van der Waals surface area contributed by atoms with Gasteiger partial charge < -0.3 is 19.7 Å². The van der Waals surface area contributed by atoms with Crippen molar-refractivity contribution in [1.29, 1.82) is 0 Å². The third-order valence-electron chi connectivity index (χ3n) is 6.00. The van der Waals surface area contributed by atoms with Crippen LogP contribution in [0.5, 0.6) is 0 Å². The van der Waals surface area contributed by atoms with Gasteiger partial charge in [0.1, 0.15) is 6.54 Å². The molecule has 1 heterocycles. The lowest BCUT2D eigenvalue weighted by Gasteiger charge is -2.31. The van der Waals surface area contributed by atoms with Crippen LogP contribution < -0.4 is 5.32 Å². The highest BCUT2D eigenvalue weighted by atomic mass is 16.2. The van der Waals surface area contributed by atoms with Crippen LogP contribution in [0.1, 0.15) is 49.9 Å². The second-order valence-corrected chi connectivity index (χ2v) is 8.50. The van der Waals surface area contributed by atoms with E-state index in [-0.39, 0.29) is 30.6 Å². The molecule has 1 saturated carbocycles. The number of aromatic nitrogens is 1. The first-order valence-corrected chi connectivity index (χ1v) is 10.8. The van der Waals surface area contributed by atoms with E-state index in [1.54, 1.807) is 4.90 Å². The van der Waals surface area contributed by atoms with E-state index in [2.05, 4.69) is 5.32 Å². The summed E-state index contributed by atoms with van der Waals surface area (Å²) in [6.07, 6.45) is 4.85. The lowest BCUT2D eigenvalue weighted by Crippen LogP contribution is -2.48. The molecule has 3 rings (SSSR count). The molecule has 6 heteroatoms. The Kier molecular flexibility index (Phi) is 6.85. The van der Waals surface area contributed by atoms with Crippen LogP contribution in [0, 0.1) is 13.8 Å². The number of nitrogens with one attached hydrogen (secondary N) is 1. The number of carbonyl (C=O) groups is 2. The van der Waals surface area contributed by atoms with Crippen molar-refractivity contribution in [3.05, 3.63) is 53.3 Å². The van der Waals surface area contributed by atoms with Crippen LogP contribution in [0.3, 0.4) is 0 Å². The number of benzene rings is 1. The van der Waals surface area contributed by atoms with Gasteiger partial charge in [-0.25, -0.2) is 4.79 Å². The normalized spacial score (nSPS) is 14.3. The summed E-state index contributed by atoms with van der Waals surface area (Å²) in [6.45, 7) is 8.72. The van der Waals surface area contributed by atoms with E-state index >= 15 is 0 Å². The minimum absolute atomic E-state index is 0.00905. The highest BCUT2D eigenvalue weighted by Crippen LogP contribution is 2.29. The quantitative estimate of drug-likeness (QED) is 0.698. The Balaban J connectivity index is 1.73. The topological polar surface area (TPSA) is 57.6 Å². The Labute approximate surface area is 179 Å². The summed E-state index contributed by atoms with van der Waals surface area (Å²) < 4.78 is 2.04. The molecule has 30 heavy (non-hydrogen) atoms. The van der Waals surface area contributed by atoms with Crippen LogP contribution in [0.4, 0.5) is 10.5 Å². The van der Waals surface area contributed by atoms with Gasteiger partial charge in [0.25, 0.3) is 0 Å². The standard InChI is InChI=1S/C24H34N4O2/c1-6-19(4)27(24(30)25-22-12-9-17(2)14-18(22)3)16-23(29)28(20-10-11-20)15-21-8-7-13-26(21)5/h7-9,12-14,19-20H,6,10-11,15-16H2,1-5H3,(H,25,30). The Bertz CT molecular complexity index is 900. The van der Waals surface area contributed by atoms with Gasteiger partial charge in [-0.1, -0.05) is 24.6 Å². The van der Waals surface area contributed by atoms with Gasteiger partial charge in [0.15, 0.2) is 0 Å². The molecule has 3 amide bonds. The van der Waals surface area contributed by atoms with E-state index in [9.17, 15) is 9.59 Å². The maximum atomic E-state index is 13.3. The van der Waals surface area contributed by atoms with Crippen LogP contribution in [-0.2, 0) is 18.4 Å². The summed E-state index contributed by atoms with van der Waals surface area (Å²) in [7, 11) is 1.99. The van der Waals surface area contributed by atoms with Gasteiger partial charge in [0.05, 0.1) is 6.54 Å². The second-order valence-electron chi connectivity index (χ2n) is 8.50. The first-order valence-electron chi connectivity index (χ1n) is 10.8. The predicted molar refractivity (Wildman–Crippen MR) is 120 cm³/mol. The largest absolute Gasteiger partial charge is 0.353 e. The van der Waals surface area contributed by atoms with Gasteiger partial charge in [-0.2, -0.15) is 0 Å². The van der Waals surface area contributed by atoms with Crippen molar-refractivity contribution < 1.29 is 9.59 Å². The van der Waals surface area contributed by atoms with E-state index in [1.165, 1.54) is 0 Å². The molecule has 1 atom stereocenters. The number of rotatable bonds is 8. The summed E-state index contributed by atoms with van der Waals surface area (Å²) in [4.78, 5) is 30.0. The highest BCUT2D eigenvalue weighted by Gasteiger charge is 2.34. The van der Waals surface area contributed by atoms with Gasteiger partial charge in [-0.15, -0.1) is 0 Å². The number of hydrogen-bond acceptors (Lipinski definition) is 2. The highest BCUT2D eigenvalue weighted by molar-refractivity contribution is 5.93. The van der Waals surface area contributed by atoms with Gasteiger partial charge in [-0.3, -0.25) is 4.79 Å². The molecular formula is C24H34N4O2. The summed E-state index contributed by atoms with van der Waals surface area (Å²) in [5.74, 6) is 0.00905. The van der Waals surface area contributed by atoms with Crippen LogP contribution >= 0.6 is 0 Å². The van der Waals surface area contributed by atoms with Crippen LogP contribution in [0.15, 0.2) is 36.5 Å². The minimum Gasteiger partial charge on any atom is -0.353 e. The van der Waals surface area contributed by atoms with E-state index < -0.39 is 0 Å². The Hall–Kier alpha value is -2.76. The molecule has 0 saturated heterocycles. The van der Waals surface area contributed by atoms with E-state index in [1.807, 2.05) is 80.7 Å². The number of aryl methyl sites for hydroxylation is 3. The zero-order chi connectivity index (χ0) is 21.8. The molecule has 1 unspecified atom stereocenters. The number of amides is 3. The zero-order valence-electron chi connectivity index (χ0n) is 18.8. The fourth-order valence-electron chi connectivity index (χ4n) is 3.67.